The van der Waals surface area contributed by atoms with E-state index in [1.807, 2.05) is 43.3 Å². The van der Waals surface area contributed by atoms with E-state index in [0.29, 0.717) is 18.9 Å². The fourth-order valence-corrected chi connectivity index (χ4v) is 6.37. The summed E-state index contributed by atoms with van der Waals surface area (Å²) >= 11 is 7.96. The van der Waals surface area contributed by atoms with Crippen molar-refractivity contribution < 1.29 is 17.9 Å². The predicted molar refractivity (Wildman–Crippen MR) is 136 cm³/mol. The molecular weight excluding hydrogens is 492 g/mol. The van der Waals surface area contributed by atoms with Gasteiger partial charge in [0.05, 0.1) is 18.2 Å². The van der Waals surface area contributed by atoms with E-state index in [9.17, 15) is 13.2 Å². The molecule has 1 N–H and O–H groups in total. The van der Waals surface area contributed by atoms with Crippen molar-refractivity contribution in [3.63, 3.8) is 0 Å². The molecule has 1 saturated heterocycles. The van der Waals surface area contributed by atoms with Crippen LogP contribution in [0.2, 0.25) is 5.02 Å². The van der Waals surface area contributed by atoms with Gasteiger partial charge >= 0.3 is 0 Å². The number of nitrogens with zero attached hydrogens (tertiary/aromatic N) is 1. The first-order valence-electron chi connectivity index (χ1n) is 10.8. The summed E-state index contributed by atoms with van der Waals surface area (Å²) in [7, 11) is -3.83. The third kappa shape index (κ3) is 5.82. The van der Waals surface area contributed by atoms with Crippen molar-refractivity contribution in [2.75, 3.05) is 31.6 Å². The maximum absolute atomic E-state index is 13.0. The molecule has 0 aliphatic carbocycles. The Hall–Kier alpha value is -2.36. The van der Waals surface area contributed by atoms with Crippen LogP contribution in [0.4, 0.5) is 5.69 Å². The van der Waals surface area contributed by atoms with Crippen LogP contribution < -0.4 is 5.32 Å². The van der Waals surface area contributed by atoms with Gasteiger partial charge in [-0.05, 0) is 54.4 Å². The molecule has 9 heteroatoms. The molecule has 34 heavy (non-hydrogen) atoms. The van der Waals surface area contributed by atoms with Crippen LogP contribution in [0.3, 0.4) is 0 Å². The highest BCUT2D eigenvalue weighted by Gasteiger charge is 2.29. The molecule has 0 atom stereocenters. The number of hydrogen-bond donors (Lipinski definition) is 1. The fraction of sp³-hybridized carbons (Fsp3) is 0.240. The summed E-state index contributed by atoms with van der Waals surface area (Å²) in [5, 5.41) is 2.97. The summed E-state index contributed by atoms with van der Waals surface area (Å²) in [4.78, 5) is 14.1. The number of benzene rings is 3. The molecule has 1 fully saturated rings. The van der Waals surface area contributed by atoms with E-state index in [1.54, 1.807) is 11.8 Å². The second-order valence-corrected chi connectivity index (χ2v) is 11.2. The summed E-state index contributed by atoms with van der Waals surface area (Å²) in [6.07, 6.45) is 0. The lowest BCUT2D eigenvalue weighted by Gasteiger charge is -2.26. The zero-order valence-electron chi connectivity index (χ0n) is 18.7. The van der Waals surface area contributed by atoms with Crippen molar-refractivity contribution in [1.82, 2.24) is 4.31 Å². The number of rotatable bonds is 7. The van der Waals surface area contributed by atoms with Crippen LogP contribution in [0, 0.1) is 6.92 Å². The number of hydrogen-bond acceptors (Lipinski definition) is 5. The smallest absolute Gasteiger partial charge is 0.255 e. The maximum atomic E-state index is 13.0. The lowest BCUT2D eigenvalue weighted by Crippen LogP contribution is -2.40. The zero-order valence-corrected chi connectivity index (χ0v) is 21.0. The van der Waals surface area contributed by atoms with E-state index >= 15 is 0 Å². The van der Waals surface area contributed by atoms with E-state index in [0.717, 1.165) is 16.9 Å². The Labute approximate surface area is 209 Å². The number of aryl methyl sites for hydroxylation is 1. The summed E-state index contributed by atoms with van der Waals surface area (Å²) in [6, 6.07) is 20.4. The van der Waals surface area contributed by atoms with Crippen molar-refractivity contribution in [3.05, 3.63) is 88.4 Å². The molecule has 3 aromatic rings. The number of morpholine rings is 1. The van der Waals surface area contributed by atoms with Crippen LogP contribution in [-0.2, 0) is 20.5 Å². The van der Waals surface area contributed by atoms with Gasteiger partial charge in [-0.15, -0.1) is 11.8 Å². The number of anilines is 1. The van der Waals surface area contributed by atoms with E-state index in [-0.39, 0.29) is 28.6 Å². The Morgan fingerprint density at radius 3 is 2.50 bits per heavy atom. The Kier molecular flexibility index (Phi) is 7.95. The average molecular weight is 517 g/mol. The van der Waals surface area contributed by atoms with Gasteiger partial charge in [0.25, 0.3) is 5.91 Å². The first kappa shape index (κ1) is 24.8. The first-order valence-corrected chi connectivity index (χ1v) is 13.6. The summed E-state index contributed by atoms with van der Waals surface area (Å²) in [5.74, 6) is 0.420. The summed E-state index contributed by atoms with van der Waals surface area (Å²) < 4.78 is 32.7. The number of nitrogens with one attached hydrogen (secondary N) is 1. The molecule has 1 heterocycles. The summed E-state index contributed by atoms with van der Waals surface area (Å²) in [6.45, 7) is 3.10. The lowest BCUT2D eigenvalue weighted by atomic mass is 10.1. The molecular formula is C25H25ClN2O4S2. The monoisotopic (exact) mass is 516 g/mol. The number of sulfonamides is 1. The fourth-order valence-electron chi connectivity index (χ4n) is 3.60. The maximum Gasteiger partial charge on any atom is 0.255 e. The topological polar surface area (TPSA) is 75.7 Å². The molecule has 0 saturated carbocycles. The van der Waals surface area contributed by atoms with Gasteiger partial charge in [-0.25, -0.2) is 8.42 Å². The van der Waals surface area contributed by atoms with Gasteiger partial charge in [-0.2, -0.15) is 4.31 Å². The molecule has 0 unspecified atom stereocenters. The van der Waals surface area contributed by atoms with Crippen molar-refractivity contribution in [2.24, 2.45) is 0 Å². The molecule has 0 spiro atoms. The molecule has 0 aromatic heterocycles. The van der Waals surface area contributed by atoms with Gasteiger partial charge in [0.1, 0.15) is 4.90 Å². The number of halogens is 1. The van der Waals surface area contributed by atoms with Crippen molar-refractivity contribution >= 4 is 45.0 Å². The highest BCUT2D eigenvalue weighted by atomic mass is 35.5. The number of carbonyl (C=O) groups excluding carboxylic acids is 1. The van der Waals surface area contributed by atoms with Crippen molar-refractivity contribution in [1.29, 1.82) is 0 Å². The zero-order chi connectivity index (χ0) is 24.1. The van der Waals surface area contributed by atoms with E-state index in [1.165, 1.54) is 27.4 Å². The SMILES string of the molecule is Cc1cc(CSc2ccccc2)ccc1NC(=O)c1ccc(Cl)c(S(=O)(=O)N2CCOCC2)c1. The molecule has 1 amide bonds. The van der Waals surface area contributed by atoms with Crippen LogP contribution in [0.1, 0.15) is 21.5 Å². The minimum Gasteiger partial charge on any atom is -0.379 e. The van der Waals surface area contributed by atoms with Gasteiger partial charge in [-0.3, -0.25) is 4.79 Å². The van der Waals surface area contributed by atoms with Gasteiger partial charge in [-0.1, -0.05) is 41.9 Å². The minimum atomic E-state index is -3.83. The molecule has 3 aromatic carbocycles. The Morgan fingerprint density at radius 2 is 1.79 bits per heavy atom. The Bertz CT molecular complexity index is 1280. The number of thioether (sulfide) groups is 1. The molecule has 0 bridgehead atoms. The van der Waals surface area contributed by atoms with Gasteiger partial charge in [0, 0.05) is 35.0 Å². The summed E-state index contributed by atoms with van der Waals surface area (Å²) in [5.41, 5.74) is 2.97. The van der Waals surface area contributed by atoms with Crippen LogP contribution in [-0.4, -0.2) is 44.9 Å². The second-order valence-electron chi connectivity index (χ2n) is 7.87. The molecule has 178 valence electrons. The van der Waals surface area contributed by atoms with E-state index in [2.05, 4.69) is 17.4 Å². The third-order valence-corrected chi connectivity index (χ3v) is 8.93. The van der Waals surface area contributed by atoms with Crippen LogP contribution in [0.15, 0.2) is 76.5 Å². The molecule has 0 radical (unpaired) electrons. The van der Waals surface area contributed by atoms with Gasteiger partial charge in [0.2, 0.25) is 10.0 Å². The van der Waals surface area contributed by atoms with Crippen molar-refractivity contribution in [2.45, 2.75) is 22.5 Å². The number of amides is 1. The normalized spacial score (nSPS) is 14.6. The Morgan fingerprint density at radius 1 is 1.06 bits per heavy atom. The number of ether oxygens (including phenoxy) is 1. The highest BCUT2D eigenvalue weighted by molar-refractivity contribution is 7.98. The van der Waals surface area contributed by atoms with Crippen LogP contribution in [0.25, 0.3) is 0 Å². The Balaban J connectivity index is 1.47. The quantitative estimate of drug-likeness (QED) is 0.436. The standard InChI is InChI=1S/C25H25ClN2O4S2/c1-18-15-19(17-33-21-5-3-2-4-6-21)7-10-23(18)27-25(29)20-8-9-22(26)24(16-20)34(30,31)28-11-13-32-14-12-28/h2-10,15-16H,11-14,17H2,1H3,(H,27,29). The molecule has 1 aliphatic rings. The predicted octanol–water partition coefficient (Wildman–Crippen LogP) is 5.21. The third-order valence-electron chi connectivity index (χ3n) is 5.47. The molecule has 1 aliphatic heterocycles. The molecule has 4 rings (SSSR count). The van der Waals surface area contributed by atoms with Crippen molar-refractivity contribution in [3.8, 4) is 0 Å². The average Bonchev–Trinajstić information content (AvgIpc) is 2.85. The van der Waals surface area contributed by atoms with Gasteiger partial charge < -0.3 is 10.1 Å². The largest absolute Gasteiger partial charge is 0.379 e. The van der Waals surface area contributed by atoms with Crippen LogP contribution in [0.5, 0.6) is 0 Å². The first-order chi connectivity index (χ1) is 16.3. The lowest BCUT2D eigenvalue weighted by molar-refractivity contribution is 0.0730. The highest BCUT2D eigenvalue weighted by Crippen LogP contribution is 2.28. The minimum absolute atomic E-state index is 0.0753. The van der Waals surface area contributed by atoms with E-state index in [4.69, 9.17) is 16.3 Å². The number of carbonyl (C=O) groups is 1. The van der Waals surface area contributed by atoms with Crippen LogP contribution >= 0.6 is 23.4 Å². The molecule has 6 nitrogen and oxygen atoms in total. The van der Waals surface area contributed by atoms with E-state index < -0.39 is 15.9 Å². The second kappa shape index (κ2) is 10.9. The van der Waals surface area contributed by atoms with Gasteiger partial charge in [0.15, 0.2) is 0 Å².